The standard InChI is InChI=1S/C17H18BrFN4O/c1-12-7-13(10-20-9-12)17(24)23-4-2-3-22(5-6-23)16-15(19)8-14(18)11-21-16/h7-11H,2-6H2,1H3. The van der Waals surface area contributed by atoms with E-state index in [1.165, 1.54) is 6.07 Å². The van der Waals surface area contributed by atoms with Crippen molar-refractivity contribution in [2.45, 2.75) is 13.3 Å². The molecule has 0 aliphatic carbocycles. The van der Waals surface area contributed by atoms with E-state index in [2.05, 4.69) is 25.9 Å². The van der Waals surface area contributed by atoms with Crippen molar-refractivity contribution < 1.29 is 9.18 Å². The van der Waals surface area contributed by atoms with Gasteiger partial charge in [-0.15, -0.1) is 0 Å². The monoisotopic (exact) mass is 392 g/mol. The first-order valence-electron chi connectivity index (χ1n) is 7.81. The Labute approximate surface area is 148 Å². The first kappa shape index (κ1) is 16.8. The van der Waals surface area contributed by atoms with Crippen LogP contribution in [0.2, 0.25) is 0 Å². The summed E-state index contributed by atoms with van der Waals surface area (Å²) in [4.78, 5) is 24.6. The van der Waals surface area contributed by atoms with Gasteiger partial charge in [-0.1, -0.05) is 0 Å². The van der Waals surface area contributed by atoms with E-state index >= 15 is 0 Å². The average molecular weight is 393 g/mol. The van der Waals surface area contributed by atoms with Crippen molar-refractivity contribution in [3.8, 4) is 0 Å². The number of nitrogens with zero attached hydrogens (tertiary/aromatic N) is 4. The Morgan fingerprint density at radius 1 is 1.17 bits per heavy atom. The molecule has 0 aromatic carbocycles. The van der Waals surface area contributed by atoms with Gasteiger partial charge in [0.05, 0.1) is 5.56 Å². The Hall–Kier alpha value is -2.02. The van der Waals surface area contributed by atoms with Gasteiger partial charge in [0.25, 0.3) is 5.91 Å². The zero-order valence-corrected chi connectivity index (χ0v) is 15.0. The van der Waals surface area contributed by atoms with Crippen molar-refractivity contribution >= 4 is 27.7 Å². The molecule has 1 aliphatic rings. The fourth-order valence-electron chi connectivity index (χ4n) is 2.83. The Morgan fingerprint density at radius 2 is 2.00 bits per heavy atom. The fraction of sp³-hybridized carbons (Fsp3) is 0.353. The number of rotatable bonds is 2. The maximum atomic E-state index is 14.1. The Balaban J connectivity index is 1.72. The topological polar surface area (TPSA) is 49.3 Å². The summed E-state index contributed by atoms with van der Waals surface area (Å²) in [5.74, 6) is -0.0472. The second kappa shape index (κ2) is 7.25. The predicted octanol–water partition coefficient (Wildman–Crippen LogP) is 3.04. The van der Waals surface area contributed by atoms with Crippen LogP contribution >= 0.6 is 15.9 Å². The number of aryl methyl sites for hydroxylation is 1. The van der Waals surface area contributed by atoms with Gasteiger partial charge in [0, 0.05) is 49.2 Å². The molecular formula is C17H18BrFN4O. The largest absolute Gasteiger partial charge is 0.352 e. The summed E-state index contributed by atoms with van der Waals surface area (Å²) in [7, 11) is 0. The van der Waals surface area contributed by atoms with Gasteiger partial charge in [-0.3, -0.25) is 9.78 Å². The highest BCUT2D eigenvalue weighted by molar-refractivity contribution is 9.10. The molecule has 3 rings (SSSR count). The lowest BCUT2D eigenvalue weighted by molar-refractivity contribution is 0.0766. The molecule has 1 amide bonds. The van der Waals surface area contributed by atoms with Crippen LogP contribution in [-0.2, 0) is 0 Å². The van der Waals surface area contributed by atoms with E-state index < -0.39 is 0 Å². The van der Waals surface area contributed by atoms with E-state index in [1.807, 2.05) is 17.9 Å². The minimum atomic E-state index is -0.355. The lowest BCUT2D eigenvalue weighted by Crippen LogP contribution is -2.35. The zero-order chi connectivity index (χ0) is 17.1. The number of halogens is 2. The third kappa shape index (κ3) is 3.72. The number of amides is 1. The third-order valence-corrected chi connectivity index (χ3v) is 4.43. The van der Waals surface area contributed by atoms with Crippen LogP contribution in [0.3, 0.4) is 0 Å². The summed E-state index contributed by atoms with van der Waals surface area (Å²) in [6.07, 6.45) is 5.67. The smallest absolute Gasteiger partial charge is 0.255 e. The van der Waals surface area contributed by atoms with Crippen molar-refractivity contribution in [1.82, 2.24) is 14.9 Å². The van der Waals surface area contributed by atoms with Gasteiger partial charge < -0.3 is 9.80 Å². The van der Waals surface area contributed by atoms with E-state index in [0.29, 0.717) is 42.0 Å². The van der Waals surface area contributed by atoms with Crippen LogP contribution in [0.15, 0.2) is 35.2 Å². The number of carbonyl (C=O) groups excluding carboxylic acids is 1. The fourth-order valence-corrected chi connectivity index (χ4v) is 3.13. The molecule has 0 spiro atoms. The molecular weight excluding hydrogens is 375 g/mol. The third-order valence-electron chi connectivity index (χ3n) is 3.99. The SMILES string of the molecule is Cc1cncc(C(=O)N2CCCN(c3ncc(Br)cc3F)CC2)c1. The molecule has 2 aromatic heterocycles. The van der Waals surface area contributed by atoms with E-state index in [4.69, 9.17) is 0 Å². The van der Waals surface area contributed by atoms with E-state index in [0.717, 1.165) is 12.0 Å². The number of pyridine rings is 2. The molecule has 7 heteroatoms. The number of carbonyl (C=O) groups is 1. The highest BCUT2D eigenvalue weighted by atomic mass is 79.9. The first-order valence-corrected chi connectivity index (χ1v) is 8.61. The van der Waals surface area contributed by atoms with Gasteiger partial charge in [-0.05, 0) is 47.0 Å². The molecule has 1 aliphatic heterocycles. The van der Waals surface area contributed by atoms with Crippen LogP contribution < -0.4 is 4.90 Å². The van der Waals surface area contributed by atoms with Gasteiger partial charge in [0.2, 0.25) is 0 Å². The summed E-state index contributed by atoms with van der Waals surface area (Å²) in [6, 6.07) is 3.25. The minimum Gasteiger partial charge on any atom is -0.352 e. The van der Waals surface area contributed by atoms with Crippen LogP contribution in [0.25, 0.3) is 0 Å². The molecule has 5 nitrogen and oxygen atoms in total. The number of hydrogen-bond acceptors (Lipinski definition) is 4. The molecule has 3 heterocycles. The summed E-state index contributed by atoms with van der Waals surface area (Å²) in [6.45, 7) is 4.30. The summed E-state index contributed by atoms with van der Waals surface area (Å²) >= 11 is 3.22. The molecule has 0 atom stereocenters. The molecule has 0 unspecified atom stereocenters. The lowest BCUT2D eigenvalue weighted by atomic mass is 10.2. The van der Waals surface area contributed by atoms with E-state index in [1.54, 1.807) is 23.5 Å². The molecule has 0 N–H and O–H groups in total. The van der Waals surface area contributed by atoms with Crippen LogP contribution in [0.1, 0.15) is 22.3 Å². The predicted molar refractivity (Wildman–Crippen MR) is 93.6 cm³/mol. The van der Waals surface area contributed by atoms with Crippen molar-refractivity contribution in [2.75, 3.05) is 31.1 Å². The number of aromatic nitrogens is 2. The number of anilines is 1. The normalized spacial score (nSPS) is 15.3. The van der Waals surface area contributed by atoms with E-state index in [9.17, 15) is 9.18 Å². The van der Waals surface area contributed by atoms with Gasteiger partial charge in [0.15, 0.2) is 11.6 Å². The number of hydrogen-bond donors (Lipinski definition) is 0. The van der Waals surface area contributed by atoms with Crippen molar-refractivity contribution in [2.24, 2.45) is 0 Å². The molecule has 2 aromatic rings. The second-order valence-corrected chi connectivity index (χ2v) is 6.76. The molecule has 0 saturated carbocycles. The highest BCUT2D eigenvalue weighted by Gasteiger charge is 2.22. The molecule has 24 heavy (non-hydrogen) atoms. The lowest BCUT2D eigenvalue weighted by Gasteiger charge is -2.23. The first-order chi connectivity index (χ1) is 11.5. The Bertz CT molecular complexity index is 755. The van der Waals surface area contributed by atoms with Crippen LogP contribution in [-0.4, -0.2) is 47.0 Å². The average Bonchev–Trinajstić information content (AvgIpc) is 2.80. The minimum absolute atomic E-state index is 0.0303. The van der Waals surface area contributed by atoms with Crippen LogP contribution in [0, 0.1) is 12.7 Å². The summed E-state index contributed by atoms with van der Waals surface area (Å²) in [5, 5.41) is 0. The zero-order valence-electron chi connectivity index (χ0n) is 13.4. The molecule has 1 saturated heterocycles. The highest BCUT2D eigenvalue weighted by Crippen LogP contribution is 2.21. The second-order valence-electron chi connectivity index (χ2n) is 5.84. The Morgan fingerprint density at radius 3 is 2.75 bits per heavy atom. The summed E-state index contributed by atoms with van der Waals surface area (Å²) < 4.78 is 14.7. The van der Waals surface area contributed by atoms with Crippen molar-refractivity contribution in [3.05, 3.63) is 52.1 Å². The molecule has 0 bridgehead atoms. The van der Waals surface area contributed by atoms with Gasteiger partial charge in [0.1, 0.15) is 0 Å². The van der Waals surface area contributed by atoms with Crippen molar-refractivity contribution in [1.29, 1.82) is 0 Å². The molecule has 0 radical (unpaired) electrons. The Kier molecular flexibility index (Phi) is 5.08. The maximum Gasteiger partial charge on any atom is 0.255 e. The van der Waals surface area contributed by atoms with E-state index in [-0.39, 0.29) is 11.7 Å². The quantitative estimate of drug-likeness (QED) is 0.787. The molecule has 1 fully saturated rings. The van der Waals surface area contributed by atoms with Gasteiger partial charge in [-0.2, -0.15) is 0 Å². The van der Waals surface area contributed by atoms with Crippen LogP contribution in [0.4, 0.5) is 10.2 Å². The van der Waals surface area contributed by atoms with Crippen molar-refractivity contribution in [3.63, 3.8) is 0 Å². The maximum absolute atomic E-state index is 14.1. The van der Waals surface area contributed by atoms with Gasteiger partial charge >= 0.3 is 0 Å². The van der Waals surface area contributed by atoms with Gasteiger partial charge in [-0.25, -0.2) is 9.37 Å². The van der Waals surface area contributed by atoms with Crippen LogP contribution in [0.5, 0.6) is 0 Å². The molecule has 126 valence electrons. The summed E-state index contributed by atoms with van der Waals surface area (Å²) in [5.41, 5.74) is 1.55.